The van der Waals surface area contributed by atoms with Crippen LogP contribution in [0.3, 0.4) is 0 Å². The summed E-state index contributed by atoms with van der Waals surface area (Å²) in [5, 5.41) is 19.9. The Labute approximate surface area is 163 Å². The van der Waals surface area contributed by atoms with Gasteiger partial charge in [0.25, 0.3) is 17.7 Å². The van der Waals surface area contributed by atoms with Crippen LogP contribution in [-0.2, 0) is 9.59 Å². The quantitative estimate of drug-likeness (QED) is 0.179. The van der Waals surface area contributed by atoms with Crippen molar-refractivity contribution in [1.29, 1.82) is 0 Å². The lowest BCUT2D eigenvalue weighted by atomic mass is 9.96. The SMILES string of the molecule is CNC(=O)[C@@](C)(C(=O)NO)N(C)C(=O)c1ccc(C#CC#CCCCO)cc1. The number of hydrogen-bond acceptors (Lipinski definition) is 5. The van der Waals surface area contributed by atoms with Gasteiger partial charge in [-0.25, -0.2) is 5.48 Å². The van der Waals surface area contributed by atoms with Crippen LogP contribution in [0.25, 0.3) is 0 Å². The van der Waals surface area contributed by atoms with E-state index in [2.05, 4.69) is 29.0 Å². The Balaban J connectivity index is 2.99. The number of hydroxylamine groups is 1. The number of amides is 3. The molecule has 0 spiro atoms. The summed E-state index contributed by atoms with van der Waals surface area (Å²) < 4.78 is 0. The average molecular weight is 385 g/mol. The average Bonchev–Trinajstić information content (AvgIpc) is 2.73. The standard InChI is InChI=1S/C20H23N3O5/c1-20(18(26)21-2,19(27)22-28)23(3)17(25)16-12-10-15(11-13-16)9-7-5-4-6-8-14-24/h10-13,24,28H,6,8,14H2,1-3H3,(H,21,26)(H,22,27)/t20-/m0/s1. The van der Waals surface area contributed by atoms with Crippen molar-refractivity contribution in [2.24, 2.45) is 0 Å². The maximum atomic E-state index is 12.7. The lowest BCUT2D eigenvalue weighted by molar-refractivity contribution is -0.148. The highest BCUT2D eigenvalue weighted by molar-refractivity contribution is 6.12. The van der Waals surface area contributed by atoms with Crippen molar-refractivity contribution >= 4 is 17.7 Å². The van der Waals surface area contributed by atoms with Crippen LogP contribution in [0, 0.1) is 23.7 Å². The molecule has 0 aliphatic carbocycles. The maximum absolute atomic E-state index is 12.7. The Morgan fingerprint density at radius 2 is 1.79 bits per heavy atom. The second kappa shape index (κ2) is 10.7. The van der Waals surface area contributed by atoms with Gasteiger partial charge in [0.2, 0.25) is 0 Å². The lowest BCUT2D eigenvalue weighted by Gasteiger charge is -2.34. The lowest BCUT2D eigenvalue weighted by Crippen LogP contribution is -2.64. The molecule has 1 rings (SSSR count). The number of benzene rings is 1. The molecule has 1 atom stereocenters. The molecular weight excluding hydrogens is 362 g/mol. The van der Waals surface area contributed by atoms with E-state index in [9.17, 15) is 14.4 Å². The molecule has 0 saturated heterocycles. The van der Waals surface area contributed by atoms with E-state index in [0.29, 0.717) is 18.4 Å². The van der Waals surface area contributed by atoms with Crippen LogP contribution in [0.2, 0.25) is 0 Å². The minimum Gasteiger partial charge on any atom is -0.396 e. The summed E-state index contributed by atoms with van der Waals surface area (Å²) in [4.78, 5) is 37.8. The molecule has 0 saturated carbocycles. The zero-order chi connectivity index (χ0) is 21.2. The predicted octanol–water partition coefficient (Wildman–Crippen LogP) is -0.104. The molecule has 28 heavy (non-hydrogen) atoms. The monoisotopic (exact) mass is 385 g/mol. The second-order valence-corrected chi connectivity index (χ2v) is 5.91. The number of likely N-dealkylation sites (N-methyl/N-ethyl adjacent to an activating group) is 2. The second-order valence-electron chi connectivity index (χ2n) is 5.91. The van der Waals surface area contributed by atoms with E-state index in [-0.39, 0.29) is 12.2 Å². The van der Waals surface area contributed by atoms with Gasteiger partial charge < -0.3 is 15.3 Å². The summed E-state index contributed by atoms with van der Waals surface area (Å²) in [5.41, 5.74) is 0.354. The topological polar surface area (TPSA) is 119 Å². The summed E-state index contributed by atoms with van der Waals surface area (Å²) in [5.74, 6) is 8.62. The molecule has 8 heteroatoms. The normalized spacial score (nSPS) is 11.6. The highest BCUT2D eigenvalue weighted by Gasteiger charge is 2.47. The maximum Gasteiger partial charge on any atom is 0.278 e. The third kappa shape index (κ3) is 5.34. The minimum atomic E-state index is -1.94. The summed E-state index contributed by atoms with van der Waals surface area (Å²) in [6, 6.07) is 6.27. The van der Waals surface area contributed by atoms with Crippen molar-refractivity contribution in [3.05, 3.63) is 35.4 Å². The predicted molar refractivity (Wildman–Crippen MR) is 102 cm³/mol. The highest BCUT2D eigenvalue weighted by Crippen LogP contribution is 2.18. The number of hydrogen-bond donors (Lipinski definition) is 4. The van der Waals surface area contributed by atoms with E-state index >= 15 is 0 Å². The number of nitrogens with one attached hydrogen (secondary N) is 2. The molecule has 0 radical (unpaired) electrons. The highest BCUT2D eigenvalue weighted by atomic mass is 16.5. The number of unbranched alkanes of at least 4 members (excludes halogenated alkanes) is 1. The van der Waals surface area contributed by atoms with Crippen molar-refractivity contribution < 1.29 is 24.7 Å². The largest absolute Gasteiger partial charge is 0.396 e. The third-order valence-corrected chi connectivity index (χ3v) is 4.14. The molecule has 8 nitrogen and oxygen atoms in total. The van der Waals surface area contributed by atoms with Crippen molar-refractivity contribution in [2.45, 2.75) is 25.3 Å². The van der Waals surface area contributed by atoms with E-state index < -0.39 is 23.3 Å². The molecule has 1 aromatic rings. The van der Waals surface area contributed by atoms with Gasteiger partial charge in [0, 0.05) is 38.2 Å². The van der Waals surface area contributed by atoms with Crippen molar-refractivity contribution in [2.75, 3.05) is 20.7 Å². The zero-order valence-corrected chi connectivity index (χ0v) is 16.0. The molecule has 1 aromatic carbocycles. The first-order valence-corrected chi connectivity index (χ1v) is 8.47. The fraction of sp³-hybridized carbons (Fsp3) is 0.350. The van der Waals surface area contributed by atoms with E-state index in [1.165, 1.54) is 38.6 Å². The Morgan fingerprint density at radius 3 is 2.32 bits per heavy atom. The molecule has 4 N–H and O–H groups in total. The number of aliphatic hydroxyl groups is 1. The van der Waals surface area contributed by atoms with Gasteiger partial charge in [-0.05, 0) is 49.5 Å². The molecule has 0 aliphatic rings. The Kier molecular flexibility index (Phi) is 8.70. The Bertz CT molecular complexity index is 825. The van der Waals surface area contributed by atoms with Crippen molar-refractivity contribution in [3.63, 3.8) is 0 Å². The van der Waals surface area contributed by atoms with Crippen LogP contribution in [0.5, 0.6) is 0 Å². The smallest absolute Gasteiger partial charge is 0.278 e. The third-order valence-electron chi connectivity index (χ3n) is 4.14. The van der Waals surface area contributed by atoms with E-state index in [4.69, 9.17) is 10.3 Å². The van der Waals surface area contributed by atoms with Crippen molar-refractivity contribution in [3.8, 4) is 23.7 Å². The number of carbonyl (C=O) groups is 3. The Hall–Kier alpha value is -3.33. The fourth-order valence-electron chi connectivity index (χ4n) is 2.23. The van der Waals surface area contributed by atoms with Gasteiger partial charge in [0.05, 0.1) is 0 Å². The van der Waals surface area contributed by atoms with Gasteiger partial charge >= 0.3 is 0 Å². The molecule has 0 fully saturated rings. The van der Waals surface area contributed by atoms with Crippen LogP contribution in [0.15, 0.2) is 24.3 Å². The molecule has 148 valence electrons. The summed E-state index contributed by atoms with van der Waals surface area (Å²) in [6.45, 7) is 1.32. The molecule has 3 amide bonds. The van der Waals surface area contributed by atoms with Gasteiger partial charge in [-0.3, -0.25) is 19.6 Å². The van der Waals surface area contributed by atoms with Crippen LogP contribution in [0.1, 0.15) is 35.7 Å². The van der Waals surface area contributed by atoms with Gasteiger partial charge in [-0.2, -0.15) is 0 Å². The molecule has 0 unspecified atom stereocenters. The van der Waals surface area contributed by atoms with Crippen LogP contribution < -0.4 is 10.8 Å². The van der Waals surface area contributed by atoms with Crippen LogP contribution in [-0.4, -0.2) is 59.2 Å². The number of aliphatic hydroxyl groups excluding tert-OH is 1. The summed E-state index contributed by atoms with van der Waals surface area (Å²) in [6.07, 6.45) is 1.17. The molecule has 0 heterocycles. The fourth-order valence-corrected chi connectivity index (χ4v) is 2.23. The minimum absolute atomic E-state index is 0.0883. The number of rotatable bonds is 6. The number of carbonyl (C=O) groups excluding carboxylic acids is 3. The molecule has 0 aromatic heterocycles. The van der Waals surface area contributed by atoms with E-state index in [1.807, 2.05) is 0 Å². The van der Waals surface area contributed by atoms with Gasteiger partial charge in [-0.1, -0.05) is 11.8 Å². The Morgan fingerprint density at radius 1 is 1.14 bits per heavy atom. The zero-order valence-electron chi connectivity index (χ0n) is 16.0. The van der Waals surface area contributed by atoms with E-state index in [0.717, 1.165) is 4.90 Å². The van der Waals surface area contributed by atoms with Crippen molar-refractivity contribution in [1.82, 2.24) is 15.7 Å². The van der Waals surface area contributed by atoms with E-state index in [1.54, 1.807) is 12.1 Å². The first-order chi connectivity index (χ1) is 13.3. The van der Waals surface area contributed by atoms with Gasteiger partial charge in [0.1, 0.15) is 0 Å². The molecule has 0 aliphatic heterocycles. The summed E-state index contributed by atoms with van der Waals surface area (Å²) >= 11 is 0. The van der Waals surface area contributed by atoms with Crippen LogP contribution in [0.4, 0.5) is 0 Å². The first-order valence-electron chi connectivity index (χ1n) is 8.47. The van der Waals surface area contributed by atoms with Gasteiger partial charge in [-0.15, -0.1) is 0 Å². The number of nitrogens with zero attached hydrogens (tertiary/aromatic N) is 1. The van der Waals surface area contributed by atoms with Crippen LogP contribution >= 0.6 is 0 Å². The van der Waals surface area contributed by atoms with Gasteiger partial charge in [0.15, 0.2) is 5.54 Å². The molecule has 0 bridgehead atoms. The summed E-state index contributed by atoms with van der Waals surface area (Å²) in [7, 11) is 2.62. The molecular formula is C20H23N3O5. The first kappa shape index (κ1) is 22.7.